The lowest BCUT2D eigenvalue weighted by Gasteiger charge is -2.19. The van der Waals surface area contributed by atoms with Crippen LogP contribution >= 0.6 is 0 Å². The largest absolute Gasteiger partial charge is 0.494 e. The first-order valence-electron chi connectivity index (χ1n) is 12.2. The van der Waals surface area contributed by atoms with Gasteiger partial charge in [0.15, 0.2) is 11.3 Å². The number of hydrogen-bond donors (Lipinski definition) is 1. The van der Waals surface area contributed by atoms with Gasteiger partial charge in [0.1, 0.15) is 29.2 Å². The molecule has 38 heavy (non-hydrogen) atoms. The standard InChI is InChI=1S/C28H26FN5O4/c1-33(9-10-35)28(36)19-12-24(37-2)26(32-15-19)25-13-22-27(38-25)21(5-7-31-22)17-3-4-23(18(11-17)14-30)34-8-6-20(29)16-34/h3-5,7,11-13,15,20,35H,6,8-10,16H2,1-2H3. The molecule has 1 atom stereocenters. The summed E-state index contributed by atoms with van der Waals surface area (Å²) in [6.07, 6.45) is 2.67. The molecule has 1 fully saturated rings. The van der Waals surface area contributed by atoms with E-state index in [1.807, 2.05) is 23.1 Å². The predicted octanol–water partition coefficient (Wildman–Crippen LogP) is 4.05. The Kier molecular flexibility index (Phi) is 6.94. The zero-order valence-corrected chi connectivity index (χ0v) is 21.0. The molecule has 194 valence electrons. The Bertz CT molecular complexity index is 1550. The van der Waals surface area contributed by atoms with E-state index in [2.05, 4.69) is 16.0 Å². The van der Waals surface area contributed by atoms with Crippen molar-refractivity contribution in [3.8, 4) is 34.4 Å². The SMILES string of the molecule is COc1cc(C(=O)N(C)CCO)cnc1-c1cc2nccc(-c3ccc(N4CCC(F)C4)c(C#N)c3)c2o1. The number of fused-ring (bicyclic) bond motifs is 1. The average molecular weight is 516 g/mol. The van der Waals surface area contributed by atoms with Crippen LogP contribution in [0.5, 0.6) is 5.75 Å². The summed E-state index contributed by atoms with van der Waals surface area (Å²) in [6.45, 7) is 0.914. The van der Waals surface area contributed by atoms with Crippen molar-refractivity contribution in [1.29, 1.82) is 5.26 Å². The highest BCUT2D eigenvalue weighted by atomic mass is 19.1. The summed E-state index contributed by atoms with van der Waals surface area (Å²) in [4.78, 5) is 24.8. The van der Waals surface area contributed by atoms with Gasteiger partial charge in [0.2, 0.25) is 0 Å². The first-order valence-corrected chi connectivity index (χ1v) is 12.2. The number of anilines is 1. The van der Waals surface area contributed by atoms with Crippen LogP contribution < -0.4 is 9.64 Å². The Morgan fingerprint density at radius 3 is 2.87 bits per heavy atom. The Balaban J connectivity index is 1.52. The molecule has 1 unspecified atom stereocenters. The molecule has 1 aliphatic heterocycles. The third-order valence-corrected chi connectivity index (χ3v) is 6.65. The molecule has 10 heteroatoms. The fourth-order valence-corrected chi connectivity index (χ4v) is 4.66. The van der Waals surface area contributed by atoms with E-state index in [4.69, 9.17) is 14.3 Å². The molecule has 0 radical (unpaired) electrons. The molecular weight excluding hydrogens is 489 g/mol. The van der Waals surface area contributed by atoms with Crippen LogP contribution in [0.15, 0.2) is 53.2 Å². The van der Waals surface area contributed by atoms with Gasteiger partial charge in [0.05, 0.1) is 30.5 Å². The second kappa shape index (κ2) is 10.5. The van der Waals surface area contributed by atoms with Crippen molar-refractivity contribution in [2.45, 2.75) is 12.6 Å². The van der Waals surface area contributed by atoms with Gasteiger partial charge in [-0.2, -0.15) is 5.26 Å². The molecule has 0 aliphatic carbocycles. The zero-order valence-electron chi connectivity index (χ0n) is 21.0. The molecule has 4 heterocycles. The molecule has 0 saturated carbocycles. The van der Waals surface area contributed by atoms with Crippen molar-refractivity contribution in [2.24, 2.45) is 0 Å². The molecule has 3 aromatic heterocycles. The van der Waals surface area contributed by atoms with E-state index < -0.39 is 6.17 Å². The van der Waals surface area contributed by atoms with Gasteiger partial charge in [0.25, 0.3) is 5.91 Å². The Morgan fingerprint density at radius 1 is 1.32 bits per heavy atom. The second-order valence-electron chi connectivity index (χ2n) is 9.08. The number of alkyl halides is 1. The minimum atomic E-state index is -0.887. The minimum Gasteiger partial charge on any atom is -0.494 e. The van der Waals surface area contributed by atoms with Crippen molar-refractivity contribution < 1.29 is 23.4 Å². The van der Waals surface area contributed by atoms with Crippen LogP contribution in [-0.2, 0) is 0 Å². The number of nitriles is 1. The number of benzene rings is 1. The van der Waals surface area contributed by atoms with Gasteiger partial charge in [-0.15, -0.1) is 0 Å². The van der Waals surface area contributed by atoms with Crippen LogP contribution in [0.1, 0.15) is 22.3 Å². The fourth-order valence-electron chi connectivity index (χ4n) is 4.66. The topological polar surface area (TPSA) is 116 Å². The van der Waals surface area contributed by atoms with Crippen LogP contribution in [0.3, 0.4) is 0 Å². The summed E-state index contributed by atoms with van der Waals surface area (Å²) in [5, 5.41) is 18.9. The van der Waals surface area contributed by atoms with Gasteiger partial charge < -0.3 is 24.1 Å². The average Bonchev–Trinajstić information content (AvgIpc) is 3.58. The van der Waals surface area contributed by atoms with Crippen LogP contribution in [0.2, 0.25) is 0 Å². The van der Waals surface area contributed by atoms with Gasteiger partial charge in [-0.05, 0) is 36.2 Å². The molecule has 5 rings (SSSR count). The van der Waals surface area contributed by atoms with Crippen molar-refractivity contribution in [2.75, 3.05) is 45.3 Å². The predicted molar refractivity (Wildman–Crippen MR) is 140 cm³/mol. The number of hydrogen-bond acceptors (Lipinski definition) is 8. The van der Waals surface area contributed by atoms with Gasteiger partial charge in [-0.25, -0.2) is 9.37 Å². The third kappa shape index (κ3) is 4.64. The maximum Gasteiger partial charge on any atom is 0.255 e. The number of carbonyl (C=O) groups excluding carboxylic acids is 1. The summed E-state index contributed by atoms with van der Waals surface area (Å²) in [5.41, 5.74) is 4.51. The van der Waals surface area contributed by atoms with Crippen LogP contribution in [0.25, 0.3) is 33.7 Å². The Morgan fingerprint density at radius 2 is 2.16 bits per heavy atom. The number of pyridine rings is 2. The lowest BCUT2D eigenvalue weighted by Crippen LogP contribution is -2.29. The number of rotatable bonds is 7. The second-order valence-corrected chi connectivity index (χ2v) is 9.08. The van der Waals surface area contributed by atoms with E-state index in [-0.39, 0.29) is 25.6 Å². The van der Waals surface area contributed by atoms with Gasteiger partial charge in [-0.1, -0.05) is 6.07 Å². The molecular formula is C28H26FN5O4. The molecule has 1 saturated heterocycles. The Hall–Kier alpha value is -4.49. The normalized spacial score (nSPS) is 15.0. The molecule has 0 spiro atoms. The molecule has 1 aromatic carbocycles. The van der Waals surface area contributed by atoms with Crippen molar-refractivity contribution >= 4 is 22.7 Å². The van der Waals surface area contributed by atoms with Gasteiger partial charge >= 0.3 is 0 Å². The van der Waals surface area contributed by atoms with Crippen molar-refractivity contribution in [3.05, 3.63) is 59.9 Å². The number of furan rings is 1. The summed E-state index contributed by atoms with van der Waals surface area (Å²) in [7, 11) is 3.08. The smallest absolute Gasteiger partial charge is 0.255 e. The monoisotopic (exact) mass is 515 g/mol. The van der Waals surface area contributed by atoms with E-state index in [0.29, 0.717) is 52.4 Å². The third-order valence-electron chi connectivity index (χ3n) is 6.65. The quantitative estimate of drug-likeness (QED) is 0.392. The molecule has 1 aliphatic rings. The summed E-state index contributed by atoms with van der Waals surface area (Å²) in [5.74, 6) is 0.460. The minimum absolute atomic E-state index is 0.145. The van der Waals surface area contributed by atoms with E-state index in [9.17, 15) is 14.4 Å². The number of nitrogens with zero attached hydrogens (tertiary/aromatic N) is 5. The first kappa shape index (κ1) is 25.2. The molecule has 1 amide bonds. The highest BCUT2D eigenvalue weighted by Crippen LogP contribution is 2.38. The number of methoxy groups -OCH3 is 1. The number of amides is 1. The van der Waals surface area contributed by atoms with Gasteiger partial charge in [0, 0.05) is 50.7 Å². The lowest BCUT2D eigenvalue weighted by molar-refractivity contribution is 0.0766. The van der Waals surface area contributed by atoms with Crippen molar-refractivity contribution in [3.63, 3.8) is 0 Å². The number of halogens is 1. The summed E-state index contributed by atoms with van der Waals surface area (Å²) >= 11 is 0. The molecule has 0 bridgehead atoms. The van der Waals surface area contributed by atoms with E-state index in [1.54, 1.807) is 31.4 Å². The highest BCUT2D eigenvalue weighted by Gasteiger charge is 2.25. The molecule has 1 N–H and O–H groups in total. The van der Waals surface area contributed by atoms with Crippen molar-refractivity contribution in [1.82, 2.24) is 14.9 Å². The van der Waals surface area contributed by atoms with E-state index >= 15 is 0 Å². The number of aliphatic hydroxyl groups is 1. The maximum atomic E-state index is 13.8. The number of likely N-dealkylation sites (N-methyl/N-ethyl adjacent to an activating group) is 1. The fraction of sp³-hybridized carbons (Fsp3) is 0.286. The first-order chi connectivity index (χ1) is 18.4. The van der Waals surface area contributed by atoms with Gasteiger partial charge in [-0.3, -0.25) is 9.78 Å². The summed E-state index contributed by atoms with van der Waals surface area (Å²) < 4.78 is 25.5. The zero-order chi connectivity index (χ0) is 26.8. The van der Waals surface area contributed by atoms with Crippen LogP contribution in [-0.4, -0.2) is 72.5 Å². The van der Waals surface area contributed by atoms with E-state index in [1.165, 1.54) is 18.2 Å². The number of carbonyl (C=O) groups is 1. The summed E-state index contributed by atoms with van der Waals surface area (Å²) in [6, 6.07) is 12.9. The van der Waals surface area contributed by atoms with E-state index in [0.717, 1.165) is 16.8 Å². The maximum absolute atomic E-state index is 13.8. The lowest BCUT2D eigenvalue weighted by atomic mass is 10.0. The Labute approximate surface area is 218 Å². The number of aromatic nitrogens is 2. The number of aliphatic hydroxyl groups excluding tert-OH is 1. The highest BCUT2D eigenvalue weighted by molar-refractivity contribution is 5.96. The molecule has 4 aromatic rings. The van der Waals surface area contributed by atoms with Crippen LogP contribution in [0.4, 0.5) is 10.1 Å². The number of ether oxygens (including phenoxy) is 1. The van der Waals surface area contributed by atoms with Crippen LogP contribution in [0, 0.1) is 11.3 Å². The molecule has 9 nitrogen and oxygen atoms in total.